The maximum Gasteiger partial charge on any atom is 0.323 e. The van der Waals surface area contributed by atoms with E-state index in [4.69, 9.17) is 0 Å². The smallest absolute Gasteiger partial charge is 0.323 e. The lowest BCUT2D eigenvalue weighted by Gasteiger charge is -2.25. The molecule has 10 nitrogen and oxygen atoms in total. The largest absolute Gasteiger partial charge is 0.480 e. The number of H-pyrrole nitrogens is 1. The highest BCUT2D eigenvalue weighted by Gasteiger charge is 2.28. The second-order valence-electron chi connectivity index (χ2n) is 8.47. The minimum atomic E-state index is -0.966. The lowest BCUT2D eigenvalue weighted by Crippen LogP contribution is -2.40. The van der Waals surface area contributed by atoms with E-state index >= 15 is 0 Å². The average molecular weight is 479 g/mol. The van der Waals surface area contributed by atoms with E-state index in [0.717, 1.165) is 42.8 Å². The van der Waals surface area contributed by atoms with Gasteiger partial charge in [0.15, 0.2) is 0 Å². The number of aromatic nitrogens is 2. The predicted octanol–water partition coefficient (Wildman–Crippen LogP) is 2.59. The Morgan fingerprint density at radius 1 is 0.971 bits per heavy atom. The molecule has 1 aliphatic rings. The highest BCUT2D eigenvalue weighted by Crippen LogP contribution is 2.32. The maximum absolute atomic E-state index is 12.7. The molecule has 3 aromatic rings. The number of aromatic amines is 1. The zero-order valence-corrected chi connectivity index (χ0v) is 19.5. The molecule has 2 amide bonds. The van der Waals surface area contributed by atoms with E-state index in [1.54, 1.807) is 29.2 Å². The van der Waals surface area contributed by atoms with Crippen LogP contribution in [0, 0.1) is 0 Å². The van der Waals surface area contributed by atoms with Gasteiger partial charge in [0.2, 0.25) is 17.8 Å². The number of unbranched alkanes of at least 4 members (excludes halogenated alkanes) is 2. The number of hydrogen-bond acceptors (Lipinski definition) is 6. The summed E-state index contributed by atoms with van der Waals surface area (Å²) in [5.41, 5.74) is 3.13. The van der Waals surface area contributed by atoms with Crippen molar-refractivity contribution in [3.63, 3.8) is 0 Å². The first-order valence-electron chi connectivity index (χ1n) is 11.8. The van der Waals surface area contributed by atoms with Crippen molar-refractivity contribution < 1.29 is 19.5 Å². The van der Waals surface area contributed by atoms with Gasteiger partial charge in [0.25, 0.3) is 0 Å². The SMILES string of the molecule is O=C(O)CN1CCC(=O)N(CC(=O)NCCCCCNc2nc3ccccc3[nH]2)c2ccccc21. The Morgan fingerprint density at radius 2 is 1.71 bits per heavy atom. The highest BCUT2D eigenvalue weighted by atomic mass is 16.4. The topological polar surface area (TPSA) is 131 Å². The fraction of sp³-hybridized carbons (Fsp3) is 0.360. The number of rotatable bonds is 11. The van der Waals surface area contributed by atoms with Gasteiger partial charge in [0.05, 0.1) is 22.4 Å². The van der Waals surface area contributed by atoms with Crippen LogP contribution in [0.2, 0.25) is 0 Å². The van der Waals surface area contributed by atoms with Crippen LogP contribution in [0.3, 0.4) is 0 Å². The average Bonchev–Trinajstić information content (AvgIpc) is 3.22. The molecule has 2 heterocycles. The number of anilines is 3. The molecule has 2 aromatic carbocycles. The lowest BCUT2D eigenvalue weighted by molar-refractivity contribution is -0.135. The molecule has 0 atom stereocenters. The van der Waals surface area contributed by atoms with E-state index in [1.165, 1.54) is 4.90 Å². The van der Waals surface area contributed by atoms with Crippen molar-refractivity contribution in [3.05, 3.63) is 48.5 Å². The fourth-order valence-corrected chi connectivity index (χ4v) is 4.18. The van der Waals surface area contributed by atoms with Crippen molar-refractivity contribution >= 4 is 46.1 Å². The zero-order chi connectivity index (χ0) is 24.6. The Balaban J connectivity index is 1.20. The number of fused-ring (bicyclic) bond motifs is 2. The maximum atomic E-state index is 12.7. The molecule has 1 aromatic heterocycles. The van der Waals surface area contributed by atoms with E-state index in [9.17, 15) is 19.5 Å². The van der Waals surface area contributed by atoms with E-state index < -0.39 is 5.97 Å². The number of nitrogens with one attached hydrogen (secondary N) is 3. The number of carbonyl (C=O) groups is 3. The predicted molar refractivity (Wildman–Crippen MR) is 135 cm³/mol. The van der Waals surface area contributed by atoms with E-state index in [0.29, 0.717) is 24.5 Å². The van der Waals surface area contributed by atoms with Gasteiger partial charge >= 0.3 is 5.97 Å². The van der Waals surface area contributed by atoms with Gasteiger partial charge in [-0.3, -0.25) is 14.4 Å². The first-order chi connectivity index (χ1) is 17.0. The van der Waals surface area contributed by atoms with Crippen LogP contribution in [0.1, 0.15) is 25.7 Å². The number of nitrogens with zero attached hydrogens (tertiary/aromatic N) is 3. The molecular weight excluding hydrogens is 448 g/mol. The molecule has 0 fully saturated rings. The third-order valence-corrected chi connectivity index (χ3v) is 5.90. The van der Waals surface area contributed by atoms with Crippen molar-refractivity contribution in [1.82, 2.24) is 15.3 Å². The van der Waals surface area contributed by atoms with E-state index in [2.05, 4.69) is 20.6 Å². The molecule has 10 heteroatoms. The number of carboxylic acid groups (broad SMARTS) is 1. The summed E-state index contributed by atoms with van der Waals surface area (Å²) in [5, 5.41) is 15.4. The van der Waals surface area contributed by atoms with E-state index in [1.807, 2.05) is 24.3 Å². The first-order valence-corrected chi connectivity index (χ1v) is 11.8. The summed E-state index contributed by atoms with van der Waals surface area (Å²) in [4.78, 5) is 47.4. The molecule has 0 radical (unpaired) electrons. The second kappa shape index (κ2) is 11.4. The Hall–Kier alpha value is -4.08. The number of hydrogen-bond donors (Lipinski definition) is 4. The van der Waals surface area contributed by atoms with E-state index in [-0.39, 0.29) is 31.3 Å². The number of imidazole rings is 1. The quantitative estimate of drug-likeness (QED) is 0.312. The van der Waals surface area contributed by atoms with Gasteiger partial charge in [-0.2, -0.15) is 0 Å². The molecule has 1 aliphatic heterocycles. The monoisotopic (exact) mass is 478 g/mol. The lowest BCUT2D eigenvalue weighted by atomic mass is 10.2. The van der Waals surface area contributed by atoms with Crippen molar-refractivity contribution in [1.29, 1.82) is 0 Å². The van der Waals surface area contributed by atoms with Crippen LogP contribution in [0.4, 0.5) is 17.3 Å². The number of para-hydroxylation sites is 4. The standard InChI is InChI=1S/C25H30N6O4/c32-22(26-13-6-1-7-14-27-25-28-18-8-2-3-9-19(18)29-25)16-31-21-11-5-4-10-20(21)30(17-24(34)35)15-12-23(31)33/h2-5,8-11H,1,6-7,12-17H2,(H,26,32)(H,34,35)(H2,27,28,29). The summed E-state index contributed by atoms with van der Waals surface area (Å²) in [7, 11) is 0. The molecule has 0 bridgehead atoms. The van der Waals surface area contributed by atoms with Crippen LogP contribution in [0.25, 0.3) is 11.0 Å². The first kappa shape index (κ1) is 24.1. The third-order valence-electron chi connectivity index (χ3n) is 5.90. The summed E-state index contributed by atoms with van der Waals surface area (Å²) in [5.74, 6) is -0.646. The van der Waals surface area contributed by atoms with Crippen molar-refractivity contribution in [2.75, 3.05) is 47.8 Å². The molecule has 0 saturated carbocycles. The second-order valence-corrected chi connectivity index (χ2v) is 8.47. The van der Waals surface area contributed by atoms with Crippen molar-refractivity contribution in [2.24, 2.45) is 0 Å². The van der Waals surface area contributed by atoms with Gasteiger partial charge in [-0.15, -0.1) is 0 Å². The summed E-state index contributed by atoms with van der Waals surface area (Å²) in [6, 6.07) is 15.0. The summed E-state index contributed by atoms with van der Waals surface area (Å²) >= 11 is 0. The minimum Gasteiger partial charge on any atom is -0.480 e. The minimum absolute atomic E-state index is 0.0929. The fourth-order valence-electron chi connectivity index (χ4n) is 4.18. The molecule has 0 saturated heterocycles. The summed E-state index contributed by atoms with van der Waals surface area (Å²) in [6.45, 7) is 1.31. The number of benzene rings is 2. The molecule has 0 spiro atoms. The molecular formula is C25H30N6O4. The molecule has 4 N–H and O–H groups in total. The van der Waals surface area contributed by atoms with Crippen LogP contribution in [0.15, 0.2) is 48.5 Å². The van der Waals surface area contributed by atoms with Crippen molar-refractivity contribution in [2.45, 2.75) is 25.7 Å². The van der Waals surface area contributed by atoms with Gasteiger partial charge in [-0.05, 0) is 43.5 Å². The van der Waals surface area contributed by atoms with Crippen LogP contribution in [-0.4, -0.2) is 65.6 Å². The van der Waals surface area contributed by atoms with Crippen LogP contribution >= 0.6 is 0 Å². The van der Waals surface area contributed by atoms with Crippen LogP contribution in [-0.2, 0) is 14.4 Å². The molecule has 4 rings (SSSR count). The highest BCUT2D eigenvalue weighted by molar-refractivity contribution is 6.03. The van der Waals surface area contributed by atoms with Crippen molar-refractivity contribution in [3.8, 4) is 0 Å². The third kappa shape index (κ3) is 6.28. The van der Waals surface area contributed by atoms with Crippen LogP contribution < -0.4 is 20.4 Å². The Labute approximate surface area is 203 Å². The molecule has 0 unspecified atom stereocenters. The Bertz CT molecular complexity index is 1160. The summed E-state index contributed by atoms with van der Waals surface area (Å²) < 4.78 is 0. The number of carbonyl (C=O) groups excluding carboxylic acids is 2. The van der Waals surface area contributed by atoms with Gasteiger partial charge in [-0.1, -0.05) is 24.3 Å². The Morgan fingerprint density at radius 3 is 2.51 bits per heavy atom. The normalized spacial score (nSPS) is 13.4. The van der Waals surface area contributed by atoms with Gasteiger partial charge in [0, 0.05) is 26.1 Å². The summed E-state index contributed by atoms with van der Waals surface area (Å²) in [6.07, 6.45) is 2.84. The van der Waals surface area contributed by atoms with Gasteiger partial charge in [0.1, 0.15) is 13.1 Å². The van der Waals surface area contributed by atoms with Gasteiger partial charge < -0.3 is 30.5 Å². The Kier molecular flexibility index (Phi) is 7.81. The zero-order valence-electron chi connectivity index (χ0n) is 19.5. The molecule has 184 valence electrons. The molecule has 35 heavy (non-hydrogen) atoms. The number of aliphatic carboxylic acids is 1. The molecule has 0 aliphatic carbocycles. The van der Waals surface area contributed by atoms with Gasteiger partial charge in [-0.25, -0.2) is 4.98 Å². The number of carboxylic acids is 1. The number of amides is 2. The van der Waals surface area contributed by atoms with Crippen LogP contribution in [0.5, 0.6) is 0 Å².